The maximum Gasteiger partial charge on any atom is 0.328 e. The van der Waals surface area contributed by atoms with Crippen molar-refractivity contribution in [2.45, 2.75) is 12.5 Å². The molecule has 1 fully saturated rings. The second-order valence-electron chi connectivity index (χ2n) is 3.50. The highest BCUT2D eigenvalue weighted by Gasteiger charge is 2.28. The standard InChI is InChI=1S/C11H11NO4/c13-9-4-2-1-3-7(9)10(14)12-8-5-6-16-11(8)15/h1-4,8,13H,5-6H2,(H,12,14). The van der Waals surface area contributed by atoms with E-state index in [-0.39, 0.29) is 11.3 Å². The number of nitrogens with one attached hydrogen (secondary N) is 1. The molecule has 1 aliphatic heterocycles. The zero-order valence-corrected chi connectivity index (χ0v) is 8.47. The second kappa shape index (κ2) is 4.22. The number of carbonyl (C=O) groups excluding carboxylic acids is 2. The van der Waals surface area contributed by atoms with Crippen molar-refractivity contribution >= 4 is 11.9 Å². The molecular weight excluding hydrogens is 210 g/mol. The predicted molar refractivity (Wildman–Crippen MR) is 54.9 cm³/mol. The smallest absolute Gasteiger partial charge is 0.328 e. The minimum atomic E-state index is -0.605. The second-order valence-corrected chi connectivity index (χ2v) is 3.50. The predicted octanol–water partition coefficient (Wildman–Crippen LogP) is 0.437. The van der Waals surface area contributed by atoms with E-state index in [0.29, 0.717) is 13.0 Å². The SMILES string of the molecule is O=C(NC1CCOC1=O)c1ccccc1O. The Morgan fingerprint density at radius 2 is 2.19 bits per heavy atom. The van der Waals surface area contributed by atoms with Crippen LogP contribution in [0.1, 0.15) is 16.8 Å². The van der Waals surface area contributed by atoms with E-state index in [4.69, 9.17) is 4.74 Å². The highest BCUT2D eigenvalue weighted by Crippen LogP contribution is 2.16. The Balaban J connectivity index is 2.09. The number of hydrogen-bond acceptors (Lipinski definition) is 4. The van der Waals surface area contributed by atoms with E-state index in [1.54, 1.807) is 12.1 Å². The van der Waals surface area contributed by atoms with Gasteiger partial charge in [0.15, 0.2) is 0 Å². The first kappa shape index (κ1) is 10.5. The van der Waals surface area contributed by atoms with Crippen molar-refractivity contribution in [3.05, 3.63) is 29.8 Å². The van der Waals surface area contributed by atoms with E-state index in [1.165, 1.54) is 12.1 Å². The summed E-state index contributed by atoms with van der Waals surface area (Å²) in [5, 5.41) is 12.0. The lowest BCUT2D eigenvalue weighted by molar-refractivity contribution is -0.139. The number of para-hydroxylation sites is 1. The molecule has 84 valence electrons. The van der Waals surface area contributed by atoms with Gasteiger partial charge in [-0.05, 0) is 12.1 Å². The van der Waals surface area contributed by atoms with Gasteiger partial charge in [-0.2, -0.15) is 0 Å². The van der Waals surface area contributed by atoms with Gasteiger partial charge in [0.1, 0.15) is 11.8 Å². The summed E-state index contributed by atoms with van der Waals surface area (Å²) in [6.07, 6.45) is 0.470. The van der Waals surface area contributed by atoms with Crippen LogP contribution >= 0.6 is 0 Å². The number of aromatic hydroxyl groups is 1. The summed E-state index contributed by atoms with van der Waals surface area (Å²) in [6, 6.07) is 5.57. The van der Waals surface area contributed by atoms with Crippen molar-refractivity contribution in [2.24, 2.45) is 0 Å². The fraction of sp³-hybridized carbons (Fsp3) is 0.273. The largest absolute Gasteiger partial charge is 0.507 e. The molecular formula is C11H11NO4. The molecule has 0 bridgehead atoms. The van der Waals surface area contributed by atoms with Gasteiger partial charge in [0.25, 0.3) is 5.91 Å². The Kier molecular flexibility index (Phi) is 2.76. The van der Waals surface area contributed by atoms with Crippen LogP contribution in [0.15, 0.2) is 24.3 Å². The molecule has 1 aliphatic rings. The lowest BCUT2D eigenvalue weighted by Crippen LogP contribution is -2.37. The Morgan fingerprint density at radius 1 is 1.44 bits per heavy atom. The van der Waals surface area contributed by atoms with E-state index in [1.807, 2.05) is 0 Å². The molecule has 1 heterocycles. The number of benzene rings is 1. The third-order valence-corrected chi connectivity index (χ3v) is 2.39. The van der Waals surface area contributed by atoms with Crippen LogP contribution in [0.4, 0.5) is 0 Å². The van der Waals surface area contributed by atoms with Gasteiger partial charge in [0.2, 0.25) is 0 Å². The molecule has 0 aromatic heterocycles. The number of amides is 1. The van der Waals surface area contributed by atoms with Gasteiger partial charge < -0.3 is 15.2 Å². The van der Waals surface area contributed by atoms with Crippen LogP contribution in [0.2, 0.25) is 0 Å². The highest BCUT2D eigenvalue weighted by atomic mass is 16.5. The monoisotopic (exact) mass is 221 g/mol. The molecule has 16 heavy (non-hydrogen) atoms. The number of cyclic esters (lactones) is 1. The molecule has 0 radical (unpaired) electrons. The molecule has 2 rings (SSSR count). The fourth-order valence-corrected chi connectivity index (χ4v) is 1.53. The number of ether oxygens (including phenoxy) is 1. The van der Waals surface area contributed by atoms with Crippen LogP contribution in [-0.4, -0.2) is 29.6 Å². The number of carbonyl (C=O) groups is 2. The maximum atomic E-state index is 11.7. The van der Waals surface area contributed by atoms with Crippen molar-refractivity contribution in [1.82, 2.24) is 5.32 Å². The molecule has 1 aromatic carbocycles. The minimum Gasteiger partial charge on any atom is -0.507 e. The maximum absolute atomic E-state index is 11.7. The van der Waals surface area contributed by atoms with Gasteiger partial charge in [0.05, 0.1) is 12.2 Å². The average molecular weight is 221 g/mol. The molecule has 1 unspecified atom stereocenters. The first-order valence-electron chi connectivity index (χ1n) is 4.94. The molecule has 5 heteroatoms. The number of hydrogen-bond donors (Lipinski definition) is 2. The Labute approximate surface area is 92.0 Å². The van der Waals surface area contributed by atoms with Crippen molar-refractivity contribution in [3.63, 3.8) is 0 Å². The van der Waals surface area contributed by atoms with Crippen LogP contribution < -0.4 is 5.32 Å². The third-order valence-electron chi connectivity index (χ3n) is 2.39. The number of rotatable bonds is 2. The van der Waals surface area contributed by atoms with E-state index in [2.05, 4.69) is 5.32 Å². The van der Waals surface area contributed by atoms with Crippen molar-refractivity contribution < 1.29 is 19.4 Å². The average Bonchev–Trinajstić information content (AvgIpc) is 2.65. The highest BCUT2D eigenvalue weighted by molar-refractivity contribution is 5.99. The van der Waals surface area contributed by atoms with Gasteiger partial charge in [0, 0.05) is 6.42 Å². The first-order chi connectivity index (χ1) is 7.68. The third kappa shape index (κ3) is 1.98. The molecule has 1 saturated heterocycles. The zero-order chi connectivity index (χ0) is 11.5. The number of phenols is 1. The molecule has 1 amide bonds. The van der Waals surface area contributed by atoms with Crippen LogP contribution in [0, 0.1) is 0 Å². The van der Waals surface area contributed by atoms with Crippen LogP contribution in [0.3, 0.4) is 0 Å². The van der Waals surface area contributed by atoms with Crippen molar-refractivity contribution in [1.29, 1.82) is 0 Å². The Hall–Kier alpha value is -2.04. The Bertz CT molecular complexity index is 430. The molecule has 2 N–H and O–H groups in total. The normalized spacial score (nSPS) is 19.2. The van der Waals surface area contributed by atoms with E-state index >= 15 is 0 Å². The molecule has 0 saturated carbocycles. The molecule has 5 nitrogen and oxygen atoms in total. The van der Waals surface area contributed by atoms with Crippen LogP contribution in [0.25, 0.3) is 0 Å². The topological polar surface area (TPSA) is 75.6 Å². The molecule has 1 atom stereocenters. The van der Waals surface area contributed by atoms with Crippen molar-refractivity contribution in [3.8, 4) is 5.75 Å². The summed E-state index contributed by atoms with van der Waals surface area (Å²) in [4.78, 5) is 22.8. The summed E-state index contributed by atoms with van der Waals surface area (Å²) in [7, 11) is 0. The quantitative estimate of drug-likeness (QED) is 0.710. The lowest BCUT2D eigenvalue weighted by atomic mass is 10.1. The Morgan fingerprint density at radius 3 is 2.81 bits per heavy atom. The van der Waals surface area contributed by atoms with Crippen molar-refractivity contribution in [2.75, 3.05) is 6.61 Å². The fourth-order valence-electron chi connectivity index (χ4n) is 1.53. The summed E-state index contributed by atoms with van der Waals surface area (Å²) in [5.41, 5.74) is 0.155. The minimum absolute atomic E-state index is 0.105. The molecule has 1 aromatic rings. The molecule has 0 spiro atoms. The summed E-state index contributed by atoms with van der Waals surface area (Å²) in [6.45, 7) is 0.324. The summed E-state index contributed by atoms with van der Waals surface area (Å²) in [5.74, 6) is -1.00. The summed E-state index contributed by atoms with van der Waals surface area (Å²) >= 11 is 0. The first-order valence-corrected chi connectivity index (χ1v) is 4.94. The van der Waals surface area contributed by atoms with Gasteiger partial charge in [-0.3, -0.25) is 4.79 Å². The van der Waals surface area contributed by atoms with Gasteiger partial charge >= 0.3 is 5.97 Å². The van der Waals surface area contributed by atoms with Gasteiger partial charge in [-0.15, -0.1) is 0 Å². The van der Waals surface area contributed by atoms with E-state index in [9.17, 15) is 14.7 Å². The van der Waals surface area contributed by atoms with Crippen LogP contribution in [-0.2, 0) is 9.53 Å². The number of phenolic OH excluding ortho intramolecular Hbond substituents is 1. The lowest BCUT2D eigenvalue weighted by Gasteiger charge is -2.09. The van der Waals surface area contributed by atoms with E-state index < -0.39 is 17.9 Å². The van der Waals surface area contributed by atoms with Gasteiger partial charge in [-0.25, -0.2) is 4.79 Å². The van der Waals surface area contributed by atoms with E-state index in [0.717, 1.165) is 0 Å². The number of esters is 1. The zero-order valence-electron chi connectivity index (χ0n) is 8.47. The van der Waals surface area contributed by atoms with Crippen LogP contribution in [0.5, 0.6) is 5.75 Å². The van der Waals surface area contributed by atoms with Gasteiger partial charge in [-0.1, -0.05) is 12.1 Å². The molecule has 0 aliphatic carbocycles. The summed E-state index contributed by atoms with van der Waals surface area (Å²) < 4.78 is 4.72.